The number of esters is 3. The van der Waals surface area contributed by atoms with Gasteiger partial charge in [0.05, 0.1) is 20.3 Å². The van der Waals surface area contributed by atoms with Crippen molar-refractivity contribution < 1.29 is 33.4 Å². The third-order valence-electron chi connectivity index (χ3n) is 2.19. The molecular formula is C12H19NO7. The predicted octanol–water partition coefficient (Wildman–Crippen LogP) is -0.449. The van der Waals surface area contributed by atoms with Gasteiger partial charge in [0.25, 0.3) is 0 Å². The van der Waals surface area contributed by atoms with Gasteiger partial charge in [-0.05, 0) is 20.3 Å². The summed E-state index contributed by atoms with van der Waals surface area (Å²) < 4.78 is 13.7. The quantitative estimate of drug-likeness (QED) is 0.384. The molecule has 0 rings (SSSR count). The van der Waals surface area contributed by atoms with E-state index in [0.717, 1.165) is 7.11 Å². The standard InChI is InChI=1S/C12H19NO7/c1-4-19-9(14)7-6-8(11(16)20-5-2)13-10(15)12(17)18-3/h8H,4-7H2,1-3H3,(H,13,15)/t8-/m0/s1. The smallest absolute Gasteiger partial charge is 0.396 e. The second kappa shape index (κ2) is 9.76. The molecule has 0 saturated carbocycles. The van der Waals surface area contributed by atoms with Crippen LogP contribution in [-0.2, 0) is 33.4 Å². The zero-order valence-corrected chi connectivity index (χ0v) is 11.8. The van der Waals surface area contributed by atoms with Crippen molar-refractivity contribution in [1.82, 2.24) is 5.32 Å². The molecule has 8 nitrogen and oxygen atoms in total. The summed E-state index contributed by atoms with van der Waals surface area (Å²) in [4.78, 5) is 45.2. The summed E-state index contributed by atoms with van der Waals surface area (Å²) in [6, 6.07) is -1.11. The van der Waals surface area contributed by atoms with Gasteiger partial charge in [-0.1, -0.05) is 0 Å². The van der Waals surface area contributed by atoms with E-state index in [9.17, 15) is 19.2 Å². The van der Waals surface area contributed by atoms with Crippen LogP contribution >= 0.6 is 0 Å². The van der Waals surface area contributed by atoms with Crippen molar-refractivity contribution in [2.75, 3.05) is 20.3 Å². The van der Waals surface area contributed by atoms with Crippen molar-refractivity contribution in [3.8, 4) is 0 Å². The molecular weight excluding hydrogens is 270 g/mol. The number of carbonyl (C=O) groups is 4. The van der Waals surface area contributed by atoms with Crippen molar-refractivity contribution in [2.45, 2.75) is 32.7 Å². The second-order valence-electron chi connectivity index (χ2n) is 3.61. The first-order valence-corrected chi connectivity index (χ1v) is 6.17. The van der Waals surface area contributed by atoms with Gasteiger partial charge in [-0.15, -0.1) is 0 Å². The molecule has 114 valence electrons. The fourth-order valence-corrected chi connectivity index (χ4v) is 1.30. The van der Waals surface area contributed by atoms with Gasteiger partial charge in [0.15, 0.2) is 0 Å². The van der Waals surface area contributed by atoms with E-state index in [1.165, 1.54) is 0 Å². The lowest BCUT2D eigenvalue weighted by Gasteiger charge is -2.16. The van der Waals surface area contributed by atoms with Crippen molar-refractivity contribution in [3.63, 3.8) is 0 Å². The summed E-state index contributed by atoms with van der Waals surface area (Å²) in [5, 5.41) is 2.15. The van der Waals surface area contributed by atoms with Crippen LogP contribution in [-0.4, -0.2) is 50.2 Å². The van der Waals surface area contributed by atoms with Gasteiger partial charge >= 0.3 is 23.8 Å². The number of hydrogen-bond acceptors (Lipinski definition) is 7. The Labute approximate surface area is 116 Å². The van der Waals surface area contributed by atoms with Crippen LogP contribution in [0.3, 0.4) is 0 Å². The van der Waals surface area contributed by atoms with Gasteiger partial charge in [0.1, 0.15) is 6.04 Å². The van der Waals surface area contributed by atoms with E-state index in [0.29, 0.717) is 0 Å². The van der Waals surface area contributed by atoms with E-state index in [2.05, 4.69) is 10.1 Å². The topological polar surface area (TPSA) is 108 Å². The summed E-state index contributed by atoms with van der Waals surface area (Å²) in [6.07, 6.45) is -0.112. The SMILES string of the molecule is CCOC(=O)CC[C@H](NC(=O)C(=O)OC)C(=O)OCC. The molecule has 0 aromatic heterocycles. The molecule has 1 N–H and O–H groups in total. The zero-order chi connectivity index (χ0) is 15.5. The highest BCUT2D eigenvalue weighted by molar-refractivity contribution is 6.32. The number of hydrogen-bond donors (Lipinski definition) is 1. The third-order valence-corrected chi connectivity index (χ3v) is 2.19. The van der Waals surface area contributed by atoms with Crippen LogP contribution < -0.4 is 5.32 Å². The van der Waals surface area contributed by atoms with Crippen molar-refractivity contribution >= 4 is 23.8 Å². The van der Waals surface area contributed by atoms with Gasteiger partial charge in [-0.2, -0.15) is 0 Å². The lowest BCUT2D eigenvalue weighted by atomic mass is 10.1. The lowest BCUT2D eigenvalue weighted by molar-refractivity contribution is -0.155. The Morgan fingerprint density at radius 3 is 2.15 bits per heavy atom. The Hall–Kier alpha value is -2.12. The van der Waals surface area contributed by atoms with E-state index in [4.69, 9.17) is 9.47 Å². The monoisotopic (exact) mass is 289 g/mol. The van der Waals surface area contributed by atoms with Crippen molar-refractivity contribution in [2.24, 2.45) is 0 Å². The van der Waals surface area contributed by atoms with E-state index < -0.39 is 29.9 Å². The number of rotatable bonds is 7. The third kappa shape index (κ3) is 6.72. The number of amides is 1. The molecule has 8 heteroatoms. The summed E-state index contributed by atoms with van der Waals surface area (Å²) in [7, 11) is 1.04. The minimum Gasteiger partial charge on any atom is -0.466 e. The summed E-state index contributed by atoms with van der Waals surface area (Å²) in [5.74, 6) is -3.44. The van der Waals surface area contributed by atoms with Crippen LogP contribution in [0.25, 0.3) is 0 Å². The molecule has 0 aliphatic rings. The molecule has 0 aliphatic carbocycles. The second-order valence-corrected chi connectivity index (χ2v) is 3.61. The van der Waals surface area contributed by atoms with Crippen molar-refractivity contribution in [3.05, 3.63) is 0 Å². The fourth-order valence-electron chi connectivity index (χ4n) is 1.30. The van der Waals surface area contributed by atoms with Crippen LogP contribution in [0.4, 0.5) is 0 Å². The maximum Gasteiger partial charge on any atom is 0.396 e. The van der Waals surface area contributed by atoms with Gasteiger partial charge in [0, 0.05) is 6.42 Å². The zero-order valence-electron chi connectivity index (χ0n) is 11.8. The largest absolute Gasteiger partial charge is 0.466 e. The average Bonchev–Trinajstić information content (AvgIpc) is 2.42. The first-order chi connectivity index (χ1) is 9.46. The molecule has 0 aromatic rings. The Morgan fingerprint density at radius 1 is 1.05 bits per heavy atom. The fraction of sp³-hybridized carbons (Fsp3) is 0.667. The molecule has 0 radical (unpaired) electrons. The number of carbonyl (C=O) groups excluding carboxylic acids is 4. The maximum absolute atomic E-state index is 11.6. The maximum atomic E-state index is 11.6. The van der Waals surface area contributed by atoms with E-state index in [1.54, 1.807) is 13.8 Å². The highest BCUT2D eigenvalue weighted by Gasteiger charge is 2.26. The number of ether oxygens (including phenoxy) is 3. The molecule has 0 bridgehead atoms. The molecule has 0 unspecified atom stereocenters. The molecule has 0 aromatic carbocycles. The van der Waals surface area contributed by atoms with Gasteiger partial charge in [-0.25, -0.2) is 9.59 Å². The first-order valence-electron chi connectivity index (χ1n) is 6.17. The highest BCUT2D eigenvalue weighted by atomic mass is 16.5. The van der Waals surface area contributed by atoms with Crippen LogP contribution in [0.5, 0.6) is 0 Å². The molecule has 20 heavy (non-hydrogen) atoms. The Balaban J connectivity index is 4.56. The minimum absolute atomic E-state index is 0.0274. The van der Waals surface area contributed by atoms with Crippen LogP contribution in [0, 0.1) is 0 Å². The Kier molecular flexibility index (Phi) is 8.73. The molecule has 0 spiro atoms. The molecule has 0 aliphatic heterocycles. The molecule has 1 amide bonds. The van der Waals surface area contributed by atoms with E-state index in [1.807, 2.05) is 0 Å². The van der Waals surface area contributed by atoms with Crippen LogP contribution in [0.1, 0.15) is 26.7 Å². The Morgan fingerprint density at radius 2 is 1.65 bits per heavy atom. The normalized spacial score (nSPS) is 11.2. The van der Waals surface area contributed by atoms with Crippen LogP contribution in [0.2, 0.25) is 0 Å². The summed E-state index contributed by atoms with van der Waals surface area (Å²) >= 11 is 0. The van der Waals surface area contributed by atoms with E-state index >= 15 is 0 Å². The molecule has 1 atom stereocenters. The average molecular weight is 289 g/mol. The molecule has 0 heterocycles. The minimum atomic E-state index is -1.13. The summed E-state index contributed by atoms with van der Waals surface area (Å²) in [5.41, 5.74) is 0. The number of methoxy groups -OCH3 is 1. The first kappa shape index (κ1) is 17.9. The Bertz CT molecular complexity index is 367. The van der Waals surface area contributed by atoms with Gasteiger partial charge in [-0.3, -0.25) is 9.59 Å². The predicted molar refractivity (Wildman–Crippen MR) is 66.4 cm³/mol. The lowest BCUT2D eigenvalue weighted by Crippen LogP contribution is -2.45. The summed E-state index contributed by atoms with van der Waals surface area (Å²) in [6.45, 7) is 3.59. The van der Waals surface area contributed by atoms with Gasteiger partial charge < -0.3 is 19.5 Å². The highest BCUT2D eigenvalue weighted by Crippen LogP contribution is 2.02. The molecule has 0 fully saturated rings. The van der Waals surface area contributed by atoms with E-state index in [-0.39, 0.29) is 26.1 Å². The van der Waals surface area contributed by atoms with Gasteiger partial charge in [0.2, 0.25) is 0 Å². The number of nitrogens with one attached hydrogen (secondary N) is 1. The van der Waals surface area contributed by atoms with Crippen molar-refractivity contribution in [1.29, 1.82) is 0 Å². The van der Waals surface area contributed by atoms with Crippen LogP contribution in [0.15, 0.2) is 0 Å². The molecule has 0 saturated heterocycles.